The van der Waals surface area contributed by atoms with Gasteiger partial charge in [-0.25, -0.2) is 0 Å². The van der Waals surface area contributed by atoms with Crippen molar-refractivity contribution >= 4 is 5.91 Å². The van der Waals surface area contributed by atoms with Crippen LogP contribution in [-0.4, -0.2) is 24.5 Å². The lowest BCUT2D eigenvalue weighted by atomic mass is 10.1. The van der Waals surface area contributed by atoms with Crippen molar-refractivity contribution in [3.63, 3.8) is 0 Å². The zero-order valence-corrected chi connectivity index (χ0v) is 10.9. The van der Waals surface area contributed by atoms with Gasteiger partial charge < -0.3 is 15.1 Å². The first kappa shape index (κ1) is 13.1. The first-order valence-corrected chi connectivity index (χ1v) is 6.79. The Kier molecular flexibility index (Phi) is 4.81. The van der Waals surface area contributed by atoms with E-state index < -0.39 is 0 Å². The minimum Gasteiger partial charge on any atom is -0.469 e. The van der Waals surface area contributed by atoms with Gasteiger partial charge in [0.05, 0.1) is 6.26 Å². The minimum absolute atomic E-state index is 0.170. The highest BCUT2D eigenvalue weighted by Crippen LogP contribution is 2.18. The molecule has 1 fully saturated rings. The summed E-state index contributed by atoms with van der Waals surface area (Å²) in [5.74, 6) is 1.19. The Morgan fingerprint density at radius 1 is 1.56 bits per heavy atom. The van der Waals surface area contributed by atoms with Gasteiger partial charge in [-0.3, -0.25) is 4.79 Å². The third-order valence-electron chi connectivity index (χ3n) is 3.19. The van der Waals surface area contributed by atoms with Crippen molar-refractivity contribution in [1.82, 2.24) is 10.6 Å². The molecule has 1 heterocycles. The predicted octanol–water partition coefficient (Wildman–Crippen LogP) is 1.86. The third-order valence-corrected chi connectivity index (χ3v) is 3.19. The lowest BCUT2D eigenvalue weighted by Gasteiger charge is -2.12. The van der Waals surface area contributed by atoms with Crippen molar-refractivity contribution in [3.05, 3.63) is 24.2 Å². The molecule has 0 radical (unpaired) electrons. The summed E-state index contributed by atoms with van der Waals surface area (Å²) >= 11 is 0. The molecule has 0 bridgehead atoms. The summed E-state index contributed by atoms with van der Waals surface area (Å²) in [4.78, 5) is 11.5. The van der Waals surface area contributed by atoms with Crippen molar-refractivity contribution in [3.8, 4) is 0 Å². The van der Waals surface area contributed by atoms with E-state index in [1.165, 1.54) is 0 Å². The van der Waals surface area contributed by atoms with Gasteiger partial charge in [0.1, 0.15) is 5.76 Å². The smallest absolute Gasteiger partial charge is 0.221 e. The van der Waals surface area contributed by atoms with Crippen LogP contribution < -0.4 is 10.6 Å². The predicted molar refractivity (Wildman–Crippen MR) is 70.3 cm³/mol. The van der Waals surface area contributed by atoms with Crippen LogP contribution in [0.1, 0.15) is 38.4 Å². The van der Waals surface area contributed by atoms with E-state index in [0.717, 1.165) is 38.0 Å². The molecule has 100 valence electrons. The molecule has 1 atom stereocenters. The van der Waals surface area contributed by atoms with Crippen molar-refractivity contribution in [2.24, 2.45) is 0 Å². The molecule has 0 spiro atoms. The zero-order valence-electron chi connectivity index (χ0n) is 10.9. The van der Waals surface area contributed by atoms with Crippen LogP contribution >= 0.6 is 0 Å². The normalized spacial score (nSPS) is 16.5. The molecule has 1 aliphatic rings. The molecule has 4 nitrogen and oxygen atoms in total. The summed E-state index contributed by atoms with van der Waals surface area (Å²) in [6.45, 7) is 2.89. The van der Waals surface area contributed by atoms with Gasteiger partial charge in [0.25, 0.3) is 0 Å². The summed E-state index contributed by atoms with van der Waals surface area (Å²) in [7, 11) is 0. The molecule has 1 saturated carbocycles. The molecule has 4 heteroatoms. The molecule has 1 aromatic rings. The fourth-order valence-electron chi connectivity index (χ4n) is 1.88. The number of nitrogens with one attached hydrogen (secondary N) is 2. The highest BCUT2D eigenvalue weighted by atomic mass is 16.3. The molecule has 0 saturated heterocycles. The molecule has 2 rings (SSSR count). The molecule has 1 unspecified atom stereocenters. The Hall–Kier alpha value is -1.29. The molecule has 0 aliphatic heterocycles. The summed E-state index contributed by atoms with van der Waals surface area (Å²) in [5.41, 5.74) is 0. The highest BCUT2D eigenvalue weighted by Gasteiger charge is 2.22. The van der Waals surface area contributed by atoms with Gasteiger partial charge in [-0.05, 0) is 38.3 Å². The van der Waals surface area contributed by atoms with Gasteiger partial charge in [-0.2, -0.15) is 0 Å². The van der Waals surface area contributed by atoms with E-state index in [1.54, 1.807) is 6.26 Å². The van der Waals surface area contributed by atoms with Crippen LogP contribution in [0.25, 0.3) is 0 Å². The van der Waals surface area contributed by atoms with E-state index in [1.807, 2.05) is 12.1 Å². The zero-order chi connectivity index (χ0) is 12.8. The summed E-state index contributed by atoms with van der Waals surface area (Å²) in [6.07, 6.45) is 6.54. The summed E-state index contributed by atoms with van der Waals surface area (Å²) < 4.78 is 5.29. The maximum atomic E-state index is 11.5. The second kappa shape index (κ2) is 6.59. The van der Waals surface area contributed by atoms with Crippen molar-refractivity contribution in [1.29, 1.82) is 0 Å². The topological polar surface area (TPSA) is 54.3 Å². The SMILES string of the molecule is CC(CCc1ccco1)NCCC(=O)NC1CC1. The highest BCUT2D eigenvalue weighted by molar-refractivity contribution is 5.76. The molecule has 0 aromatic carbocycles. The molecule has 1 aliphatic carbocycles. The fraction of sp³-hybridized carbons (Fsp3) is 0.643. The van der Waals surface area contributed by atoms with Crippen LogP contribution in [0.4, 0.5) is 0 Å². The Bertz CT molecular complexity index is 358. The van der Waals surface area contributed by atoms with Gasteiger partial charge in [-0.1, -0.05) is 0 Å². The van der Waals surface area contributed by atoms with Crippen LogP contribution in [0.5, 0.6) is 0 Å². The molecular formula is C14H22N2O2. The standard InChI is InChI=1S/C14H22N2O2/c1-11(4-7-13-3-2-10-18-13)15-9-8-14(17)16-12-5-6-12/h2-3,10-12,15H,4-9H2,1H3,(H,16,17). The van der Waals surface area contributed by atoms with E-state index >= 15 is 0 Å². The Morgan fingerprint density at radius 3 is 3.06 bits per heavy atom. The second-order valence-corrected chi connectivity index (χ2v) is 5.06. The van der Waals surface area contributed by atoms with Crippen molar-refractivity contribution in [2.45, 2.75) is 51.1 Å². The van der Waals surface area contributed by atoms with E-state index in [4.69, 9.17) is 4.42 Å². The van der Waals surface area contributed by atoms with Crippen LogP contribution in [0.2, 0.25) is 0 Å². The minimum atomic E-state index is 0.170. The van der Waals surface area contributed by atoms with Crippen LogP contribution in [0.3, 0.4) is 0 Å². The van der Waals surface area contributed by atoms with Gasteiger partial charge in [-0.15, -0.1) is 0 Å². The molecule has 18 heavy (non-hydrogen) atoms. The first-order valence-electron chi connectivity index (χ1n) is 6.79. The summed E-state index contributed by atoms with van der Waals surface area (Å²) in [6, 6.07) is 4.78. The number of hydrogen-bond acceptors (Lipinski definition) is 3. The molecule has 1 amide bonds. The number of rotatable bonds is 8. The Balaban J connectivity index is 1.51. The van der Waals surface area contributed by atoms with E-state index in [0.29, 0.717) is 18.5 Å². The number of carbonyl (C=O) groups is 1. The van der Waals surface area contributed by atoms with E-state index in [-0.39, 0.29) is 5.91 Å². The maximum Gasteiger partial charge on any atom is 0.221 e. The molecule has 2 N–H and O–H groups in total. The largest absolute Gasteiger partial charge is 0.469 e. The van der Waals surface area contributed by atoms with E-state index in [9.17, 15) is 4.79 Å². The van der Waals surface area contributed by atoms with Crippen LogP contribution in [0.15, 0.2) is 22.8 Å². The average molecular weight is 250 g/mol. The van der Waals surface area contributed by atoms with Crippen LogP contribution in [0, 0.1) is 0 Å². The number of furan rings is 1. The lowest BCUT2D eigenvalue weighted by molar-refractivity contribution is -0.121. The Labute approximate surface area is 108 Å². The number of amides is 1. The van der Waals surface area contributed by atoms with Crippen LogP contribution in [-0.2, 0) is 11.2 Å². The monoisotopic (exact) mass is 250 g/mol. The number of aryl methyl sites for hydroxylation is 1. The van der Waals surface area contributed by atoms with Gasteiger partial charge in [0, 0.05) is 31.5 Å². The lowest BCUT2D eigenvalue weighted by Crippen LogP contribution is -2.33. The fourth-order valence-corrected chi connectivity index (χ4v) is 1.88. The van der Waals surface area contributed by atoms with Crippen molar-refractivity contribution < 1.29 is 9.21 Å². The number of carbonyl (C=O) groups excluding carboxylic acids is 1. The first-order chi connectivity index (χ1) is 8.74. The average Bonchev–Trinajstić information content (AvgIpc) is 2.99. The van der Waals surface area contributed by atoms with Gasteiger partial charge in [0.15, 0.2) is 0 Å². The summed E-state index contributed by atoms with van der Waals surface area (Å²) in [5, 5.41) is 6.36. The van der Waals surface area contributed by atoms with Crippen molar-refractivity contribution in [2.75, 3.05) is 6.54 Å². The Morgan fingerprint density at radius 2 is 2.39 bits per heavy atom. The van der Waals surface area contributed by atoms with Gasteiger partial charge >= 0.3 is 0 Å². The third kappa shape index (κ3) is 4.92. The maximum absolute atomic E-state index is 11.5. The number of hydrogen-bond donors (Lipinski definition) is 2. The van der Waals surface area contributed by atoms with Gasteiger partial charge in [0.2, 0.25) is 5.91 Å². The second-order valence-electron chi connectivity index (χ2n) is 5.06. The quantitative estimate of drug-likeness (QED) is 0.740. The molecule has 1 aromatic heterocycles. The van der Waals surface area contributed by atoms with E-state index in [2.05, 4.69) is 17.6 Å². The molecular weight excluding hydrogens is 228 g/mol.